The van der Waals surface area contributed by atoms with Crippen molar-refractivity contribution in [1.82, 2.24) is 0 Å². The van der Waals surface area contributed by atoms with Gasteiger partial charge in [-0.3, -0.25) is 0 Å². The number of hydrogen-bond donors (Lipinski definition) is 0. The topological polar surface area (TPSA) is 0 Å². The van der Waals surface area contributed by atoms with Crippen LogP contribution in [0.25, 0.3) is 0 Å². The summed E-state index contributed by atoms with van der Waals surface area (Å²) >= 11 is 5.16. The Bertz CT molecular complexity index is 242. The van der Waals surface area contributed by atoms with Crippen LogP contribution in [-0.2, 0) is 0 Å². The molecule has 1 rings (SSSR count). The lowest BCUT2D eigenvalue weighted by Gasteiger charge is -2.12. The van der Waals surface area contributed by atoms with Crippen LogP contribution in [0.1, 0.15) is 10.9 Å². The number of rotatable bonds is 1. The van der Waals surface area contributed by atoms with Gasteiger partial charge in [-0.2, -0.15) is 13.2 Å². The molecule has 0 saturated heterocycles. The predicted octanol–water partition coefficient (Wildman–Crippen LogP) is 3.53. The van der Waals surface area contributed by atoms with Gasteiger partial charge in [-0.15, -0.1) is 11.6 Å². The molecule has 0 aromatic heterocycles. The Morgan fingerprint density at radius 3 is 2.00 bits per heavy atom. The van der Waals surface area contributed by atoms with Gasteiger partial charge in [-0.1, -0.05) is 30.3 Å². The van der Waals surface area contributed by atoms with Crippen LogP contribution in [-0.4, -0.2) is 6.18 Å². The third-order valence-electron chi connectivity index (χ3n) is 1.38. The molecule has 0 aliphatic heterocycles. The number of halogens is 4. The second kappa shape index (κ2) is 3.35. The molecule has 0 amide bonds. The molecule has 0 aliphatic rings. The van der Waals surface area contributed by atoms with Crippen LogP contribution in [0, 0.1) is 0 Å². The van der Waals surface area contributed by atoms with E-state index in [9.17, 15) is 13.2 Å². The van der Waals surface area contributed by atoms with Gasteiger partial charge in [0, 0.05) is 0 Å². The monoisotopic (exact) mass is 194 g/mol. The molecule has 4 heteroatoms. The average molecular weight is 195 g/mol. The van der Waals surface area contributed by atoms with E-state index in [1.165, 1.54) is 24.3 Å². The Morgan fingerprint density at radius 2 is 1.58 bits per heavy atom. The molecule has 0 aliphatic carbocycles. The van der Waals surface area contributed by atoms with E-state index >= 15 is 0 Å². The molecule has 0 heterocycles. The molecule has 0 saturated carbocycles. The summed E-state index contributed by atoms with van der Waals surface area (Å²) in [5, 5.41) is -1.90. The van der Waals surface area contributed by atoms with Crippen LogP contribution < -0.4 is 0 Å². The summed E-state index contributed by atoms with van der Waals surface area (Å²) in [6, 6.07) is 7.40. The van der Waals surface area contributed by atoms with E-state index in [0.717, 1.165) is 0 Å². The van der Waals surface area contributed by atoms with Crippen molar-refractivity contribution < 1.29 is 13.2 Å². The summed E-state index contributed by atoms with van der Waals surface area (Å²) in [7, 11) is 0. The summed E-state index contributed by atoms with van der Waals surface area (Å²) < 4.78 is 36.0. The highest BCUT2D eigenvalue weighted by Crippen LogP contribution is 2.37. The first-order chi connectivity index (χ1) is 5.52. The molecule has 0 fully saturated rings. The van der Waals surface area contributed by atoms with E-state index in [1.807, 2.05) is 0 Å². The van der Waals surface area contributed by atoms with Crippen molar-refractivity contribution in [2.24, 2.45) is 0 Å². The van der Waals surface area contributed by atoms with Gasteiger partial charge in [0.2, 0.25) is 0 Å². The zero-order valence-corrected chi connectivity index (χ0v) is 6.73. The molecule has 1 aromatic carbocycles. The SMILES string of the molecule is FC(F)(F)C(Cl)c1ccccc1. The van der Waals surface area contributed by atoms with Crippen molar-refractivity contribution in [1.29, 1.82) is 0 Å². The van der Waals surface area contributed by atoms with Crippen LogP contribution in [0.4, 0.5) is 13.2 Å². The number of alkyl halides is 4. The quantitative estimate of drug-likeness (QED) is 0.600. The first kappa shape index (κ1) is 9.39. The van der Waals surface area contributed by atoms with Gasteiger partial charge in [-0.05, 0) is 5.56 Å². The molecule has 0 radical (unpaired) electrons. The maximum Gasteiger partial charge on any atom is 0.408 e. The zero-order chi connectivity index (χ0) is 9.19. The van der Waals surface area contributed by atoms with E-state index in [1.54, 1.807) is 6.07 Å². The molecule has 0 spiro atoms. The Labute approximate surface area is 73.0 Å². The van der Waals surface area contributed by atoms with Crippen molar-refractivity contribution >= 4 is 11.6 Å². The summed E-state index contributed by atoms with van der Waals surface area (Å²) in [4.78, 5) is 0. The van der Waals surface area contributed by atoms with Crippen molar-refractivity contribution in [2.45, 2.75) is 11.6 Å². The van der Waals surface area contributed by atoms with Crippen molar-refractivity contribution in [3.05, 3.63) is 35.9 Å². The maximum absolute atomic E-state index is 12.0. The Balaban J connectivity index is 2.86. The van der Waals surface area contributed by atoms with Crippen LogP contribution in [0.3, 0.4) is 0 Å². The van der Waals surface area contributed by atoms with Gasteiger partial charge >= 0.3 is 6.18 Å². The van der Waals surface area contributed by atoms with Crippen LogP contribution in [0.15, 0.2) is 30.3 Å². The summed E-state index contributed by atoms with van der Waals surface area (Å²) in [5.41, 5.74) is 0.0756. The molecule has 0 nitrogen and oxygen atoms in total. The van der Waals surface area contributed by atoms with Crippen LogP contribution in [0.2, 0.25) is 0 Å². The molecule has 66 valence electrons. The standard InChI is InChI=1S/C8H6ClF3/c9-7(8(10,11)12)6-4-2-1-3-5-6/h1-5,7H. The highest BCUT2D eigenvalue weighted by molar-refractivity contribution is 6.21. The molecule has 1 atom stereocenters. The lowest BCUT2D eigenvalue weighted by Crippen LogP contribution is -2.15. The molecule has 1 unspecified atom stereocenters. The van der Waals surface area contributed by atoms with Gasteiger partial charge in [0.15, 0.2) is 5.38 Å². The second-order valence-electron chi connectivity index (χ2n) is 2.31. The van der Waals surface area contributed by atoms with E-state index in [4.69, 9.17) is 11.6 Å². The molecule has 1 aromatic rings. The highest BCUT2D eigenvalue weighted by Gasteiger charge is 2.38. The molecule has 0 N–H and O–H groups in total. The lowest BCUT2D eigenvalue weighted by molar-refractivity contribution is -0.131. The largest absolute Gasteiger partial charge is 0.408 e. The molecule has 0 bridgehead atoms. The van der Waals surface area contributed by atoms with Crippen LogP contribution >= 0.6 is 11.6 Å². The van der Waals surface area contributed by atoms with Crippen molar-refractivity contribution in [3.8, 4) is 0 Å². The fourth-order valence-corrected chi connectivity index (χ4v) is 0.956. The molecular weight excluding hydrogens is 189 g/mol. The maximum atomic E-state index is 12.0. The van der Waals surface area contributed by atoms with E-state index < -0.39 is 11.6 Å². The van der Waals surface area contributed by atoms with E-state index in [2.05, 4.69) is 0 Å². The smallest absolute Gasteiger partial charge is 0.169 e. The summed E-state index contributed by atoms with van der Waals surface area (Å²) in [5.74, 6) is 0. The number of hydrogen-bond acceptors (Lipinski definition) is 0. The van der Waals surface area contributed by atoms with E-state index in [-0.39, 0.29) is 5.56 Å². The molecule has 12 heavy (non-hydrogen) atoms. The minimum atomic E-state index is -4.37. The third kappa shape index (κ3) is 2.14. The zero-order valence-electron chi connectivity index (χ0n) is 5.98. The van der Waals surface area contributed by atoms with Crippen molar-refractivity contribution in [2.75, 3.05) is 0 Å². The Morgan fingerprint density at radius 1 is 1.08 bits per heavy atom. The van der Waals surface area contributed by atoms with Gasteiger partial charge < -0.3 is 0 Å². The van der Waals surface area contributed by atoms with Gasteiger partial charge in [0.25, 0.3) is 0 Å². The molecular formula is C8H6ClF3. The van der Waals surface area contributed by atoms with E-state index in [0.29, 0.717) is 0 Å². The summed E-state index contributed by atoms with van der Waals surface area (Å²) in [6.07, 6.45) is -4.37. The normalized spacial score (nSPS) is 14.3. The Hall–Kier alpha value is -0.700. The van der Waals surface area contributed by atoms with Gasteiger partial charge in [-0.25, -0.2) is 0 Å². The van der Waals surface area contributed by atoms with Crippen LogP contribution in [0.5, 0.6) is 0 Å². The van der Waals surface area contributed by atoms with Gasteiger partial charge in [0.1, 0.15) is 0 Å². The van der Waals surface area contributed by atoms with Crippen molar-refractivity contribution in [3.63, 3.8) is 0 Å². The fraction of sp³-hybridized carbons (Fsp3) is 0.250. The second-order valence-corrected chi connectivity index (χ2v) is 2.75. The fourth-order valence-electron chi connectivity index (χ4n) is 0.811. The highest BCUT2D eigenvalue weighted by atomic mass is 35.5. The lowest BCUT2D eigenvalue weighted by atomic mass is 10.1. The minimum absolute atomic E-state index is 0.0756. The first-order valence-electron chi connectivity index (χ1n) is 3.27. The minimum Gasteiger partial charge on any atom is -0.169 e. The average Bonchev–Trinajstić information content (AvgIpc) is 2.03. The number of benzene rings is 1. The third-order valence-corrected chi connectivity index (χ3v) is 1.88. The summed E-state index contributed by atoms with van der Waals surface area (Å²) in [6.45, 7) is 0. The first-order valence-corrected chi connectivity index (χ1v) is 3.71. The Kier molecular flexibility index (Phi) is 2.62. The van der Waals surface area contributed by atoms with Gasteiger partial charge in [0.05, 0.1) is 0 Å². The predicted molar refractivity (Wildman–Crippen MR) is 41.1 cm³/mol.